The minimum absolute atomic E-state index is 0.00865. The zero-order valence-corrected chi connectivity index (χ0v) is 23.4. The second-order valence-electron chi connectivity index (χ2n) is 8.99. The van der Waals surface area contributed by atoms with Crippen LogP contribution in [0.4, 0.5) is 10.1 Å². The van der Waals surface area contributed by atoms with Crippen molar-refractivity contribution in [2.24, 2.45) is 0 Å². The number of rotatable bonds is 12. The molecule has 0 saturated heterocycles. The lowest BCUT2D eigenvalue weighted by atomic mass is 10.1. The number of amides is 2. The SMILES string of the molecule is CCNC(=O)[C@@H](CC)N(Cc1ccc(F)cc1)C(=O)CN(c1cccc(OC)c1)S(=O)(=O)c1ccc(C)cc1. The smallest absolute Gasteiger partial charge is 0.264 e. The highest BCUT2D eigenvalue weighted by molar-refractivity contribution is 7.92. The Hall–Kier alpha value is -3.92. The highest BCUT2D eigenvalue weighted by Gasteiger charge is 2.33. The van der Waals surface area contributed by atoms with Crippen LogP contribution >= 0.6 is 0 Å². The van der Waals surface area contributed by atoms with Gasteiger partial charge in [-0.1, -0.05) is 42.8 Å². The number of hydrogen-bond acceptors (Lipinski definition) is 5. The first-order valence-electron chi connectivity index (χ1n) is 12.7. The van der Waals surface area contributed by atoms with Gasteiger partial charge in [-0.15, -0.1) is 0 Å². The number of halogens is 1. The first-order chi connectivity index (χ1) is 18.6. The van der Waals surface area contributed by atoms with Crippen LogP contribution in [-0.4, -0.2) is 51.4 Å². The first kappa shape index (κ1) is 29.6. The lowest BCUT2D eigenvalue weighted by Crippen LogP contribution is -2.52. The molecule has 0 spiro atoms. The Morgan fingerprint density at radius 2 is 1.67 bits per heavy atom. The van der Waals surface area contributed by atoms with Crippen LogP contribution in [0, 0.1) is 12.7 Å². The largest absolute Gasteiger partial charge is 0.497 e. The lowest BCUT2D eigenvalue weighted by Gasteiger charge is -2.33. The molecular formula is C29H34FN3O5S. The van der Waals surface area contributed by atoms with Crippen LogP contribution in [0.5, 0.6) is 5.75 Å². The summed E-state index contributed by atoms with van der Waals surface area (Å²) in [6.45, 7) is 5.18. The predicted octanol–water partition coefficient (Wildman–Crippen LogP) is 4.28. The van der Waals surface area contributed by atoms with Gasteiger partial charge in [0.2, 0.25) is 11.8 Å². The van der Waals surface area contributed by atoms with Crippen molar-refractivity contribution in [3.8, 4) is 5.75 Å². The molecule has 0 unspecified atom stereocenters. The molecule has 0 bridgehead atoms. The van der Waals surface area contributed by atoms with Crippen molar-refractivity contribution in [2.45, 2.75) is 44.7 Å². The Morgan fingerprint density at radius 1 is 1.00 bits per heavy atom. The molecule has 3 rings (SSSR count). The fourth-order valence-electron chi connectivity index (χ4n) is 4.13. The maximum atomic E-state index is 13.9. The molecule has 0 saturated carbocycles. The van der Waals surface area contributed by atoms with E-state index in [1.165, 1.54) is 54.5 Å². The van der Waals surface area contributed by atoms with E-state index in [1.807, 2.05) is 6.92 Å². The number of carbonyl (C=O) groups excluding carboxylic acids is 2. The Bertz CT molecular complexity index is 1380. The zero-order chi connectivity index (χ0) is 28.6. The molecule has 39 heavy (non-hydrogen) atoms. The standard InChI is InChI=1S/C29H34FN3O5S/c1-5-27(29(35)31-6-2)32(19-22-12-14-23(30)15-13-22)28(34)20-33(24-8-7-9-25(18-24)38-4)39(36,37)26-16-10-21(3)11-17-26/h7-18,27H,5-6,19-20H2,1-4H3,(H,31,35)/t27-/m1/s1. The third-order valence-corrected chi connectivity index (χ3v) is 8.02. The summed E-state index contributed by atoms with van der Waals surface area (Å²) < 4.78 is 47.6. The molecular weight excluding hydrogens is 521 g/mol. The molecule has 0 aliphatic heterocycles. The van der Waals surface area contributed by atoms with E-state index in [2.05, 4.69) is 5.32 Å². The number of likely N-dealkylation sites (N-methyl/N-ethyl adjacent to an activating group) is 1. The number of carbonyl (C=O) groups is 2. The number of nitrogens with one attached hydrogen (secondary N) is 1. The van der Waals surface area contributed by atoms with Crippen LogP contribution in [0.1, 0.15) is 31.4 Å². The first-order valence-corrected chi connectivity index (χ1v) is 14.1. The summed E-state index contributed by atoms with van der Waals surface area (Å²) in [5.41, 5.74) is 1.72. The molecule has 2 amide bonds. The van der Waals surface area contributed by atoms with Crippen LogP contribution in [0.2, 0.25) is 0 Å². The fourth-order valence-corrected chi connectivity index (χ4v) is 5.54. The van der Waals surface area contributed by atoms with Crippen LogP contribution in [0.3, 0.4) is 0 Å². The fraction of sp³-hybridized carbons (Fsp3) is 0.310. The molecule has 1 atom stereocenters. The van der Waals surface area contributed by atoms with E-state index < -0.39 is 34.3 Å². The Kier molecular flexibility index (Phi) is 10.1. The van der Waals surface area contributed by atoms with Gasteiger partial charge in [0.15, 0.2) is 0 Å². The maximum absolute atomic E-state index is 13.9. The normalized spacial score (nSPS) is 11.9. The molecule has 0 aliphatic carbocycles. The number of hydrogen-bond donors (Lipinski definition) is 1. The maximum Gasteiger partial charge on any atom is 0.264 e. The minimum atomic E-state index is -4.19. The quantitative estimate of drug-likeness (QED) is 0.360. The van der Waals surface area contributed by atoms with Gasteiger partial charge < -0.3 is 15.0 Å². The van der Waals surface area contributed by atoms with Gasteiger partial charge in [0.1, 0.15) is 24.2 Å². The van der Waals surface area contributed by atoms with Gasteiger partial charge in [-0.3, -0.25) is 13.9 Å². The van der Waals surface area contributed by atoms with Crippen molar-refractivity contribution in [3.63, 3.8) is 0 Å². The van der Waals surface area contributed by atoms with E-state index in [4.69, 9.17) is 4.74 Å². The van der Waals surface area contributed by atoms with Gasteiger partial charge in [0.05, 0.1) is 17.7 Å². The van der Waals surface area contributed by atoms with Crippen molar-refractivity contribution in [1.82, 2.24) is 10.2 Å². The zero-order valence-electron chi connectivity index (χ0n) is 22.6. The Morgan fingerprint density at radius 3 is 2.26 bits per heavy atom. The molecule has 3 aromatic carbocycles. The van der Waals surface area contributed by atoms with E-state index in [1.54, 1.807) is 44.2 Å². The van der Waals surface area contributed by atoms with Crippen molar-refractivity contribution in [2.75, 3.05) is 24.5 Å². The van der Waals surface area contributed by atoms with Crippen molar-refractivity contribution in [1.29, 1.82) is 0 Å². The summed E-state index contributed by atoms with van der Waals surface area (Å²) in [5, 5.41) is 2.75. The predicted molar refractivity (Wildman–Crippen MR) is 148 cm³/mol. The van der Waals surface area contributed by atoms with Crippen LogP contribution in [0.15, 0.2) is 77.7 Å². The average Bonchev–Trinajstić information content (AvgIpc) is 2.92. The third kappa shape index (κ3) is 7.35. The van der Waals surface area contributed by atoms with Gasteiger partial charge >= 0.3 is 0 Å². The van der Waals surface area contributed by atoms with Gasteiger partial charge in [-0.25, -0.2) is 12.8 Å². The molecule has 0 radical (unpaired) electrons. The Balaban J connectivity index is 2.07. The summed E-state index contributed by atoms with van der Waals surface area (Å²) in [5.74, 6) is -0.956. The number of benzene rings is 3. The third-order valence-electron chi connectivity index (χ3n) is 6.23. The van der Waals surface area contributed by atoms with Crippen LogP contribution < -0.4 is 14.4 Å². The molecule has 3 aromatic rings. The topological polar surface area (TPSA) is 96.0 Å². The summed E-state index contributed by atoms with van der Waals surface area (Å²) in [7, 11) is -2.72. The van der Waals surface area contributed by atoms with E-state index in [-0.39, 0.29) is 23.0 Å². The van der Waals surface area contributed by atoms with Gasteiger partial charge in [-0.2, -0.15) is 0 Å². The molecule has 0 aliphatic rings. The van der Waals surface area contributed by atoms with Crippen LogP contribution in [-0.2, 0) is 26.2 Å². The number of ether oxygens (including phenoxy) is 1. The summed E-state index contributed by atoms with van der Waals surface area (Å²) in [6.07, 6.45) is 0.294. The van der Waals surface area contributed by atoms with E-state index >= 15 is 0 Å². The highest BCUT2D eigenvalue weighted by atomic mass is 32.2. The number of anilines is 1. The second kappa shape index (κ2) is 13.2. The molecule has 0 fully saturated rings. The Labute approximate surface area is 229 Å². The molecule has 1 N–H and O–H groups in total. The number of nitrogens with zero attached hydrogens (tertiary/aromatic N) is 2. The second-order valence-corrected chi connectivity index (χ2v) is 10.9. The van der Waals surface area contributed by atoms with E-state index in [0.717, 1.165) is 9.87 Å². The molecule has 0 heterocycles. The van der Waals surface area contributed by atoms with Gasteiger partial charge in [0.25, 0.3) is 10.0 Å². The lowest BCUT2D eigenvalue weighted by molar-refractivity contribution is -0.140. The molecule has 208 valence electrons. The summed E-state index contributed by atoms with van der Waals surface area (Å²) in [6, 6.07) is 17.5. The molecule has 10 heteroatoms. The van der Waals surface area contributed by atoms with Crippen molar-refractivity contribution < 1.29 is 27.1 Å². The van der Waals surface area contributed by atoms with Gasteiger partial charge in [0, 0.05) is 19.2 Å². The molecule has 0 aromatic heterocycles. The van der Waals surface area contributed by atoms with Crippen LogP contribution in [0.25, 0.3) is 0 Å². The minimum Gasteiger partial charge on any atom is -0.497 e. The van der Waals surface area contributed by atoms with E-state index in [0.29, 0.717) is 24.3 Å². The highest BCUT2D eigenvalue weighted by Crippen LogP contribution is 2.28. The summed E-state index contributed by atoms with van der Waals surface area (Å²) >= 11 is 0. The van der Waals surface area contributed by atoms with Crippen molar-refractivity contribution in [3.05, 3.63) is 89.7 Å². The average molecular weight is 556 g/mol. The van der Waals surface area contributed by atoms with Gasteiger partial charge in [-0.05, 0) is 62.2 Å². The van der Waals surface area contributed by atoms with E-state index in [9.17, 15) is 22.4 Å². The summed E-state index contributed by atoms with van der Waals surface area (Å²) in [4.78, 5) is 28.2. The van der Waals surface area contributed by atoms with Crippen molar-refractivity contribution >= 4 is 27.5 Å². The number of aryl methyl sites for hydroxylation is 1. The number of methoxy groups -OCH3 is 1. The molecule has 8 nitrogen and oxygen atoms in total. The monoisotopic (exact) mass is 555 g/mol. The number of sulfonamides is 1.